The minimum Gasteiger partial charge on any atom is -0.364 e. The molecule has 0 bridgehead atoms. The lowest BCUT2D eigenvalue weighted by atomic mass is 10.1. The quantitative estimate of drug-likeness (QED) is 0.471. The van der Waals surface area contributed by atoms with E-state index < -0.39 is 0 Å². The molecular weight excluding hydrogens is 442 g/mol. The van der Waals surface area contributed by atoms with E-state index in [1.165, 1.54) is 0 Å². The normalized spacial score (nSPS) is 13.8. The van der Waals surface area contributed by atoms with Crippen molar-refractivity contribution in [2.45, 2.75) is 27.3 Å². The van der Waals surface area contributed by atoms with Crippen molar-refractivity contribution in [1.82, 2.24) is 35.0 Å². The third-order valence-electron chi connectivity index (χ3n) is 6.04. The Bertz CT molecular complexity index is 1350. The number of aromatic nitrogens is 6. The standard InChI is InChI=1S/C25H27N9O/c1-16-4-7-22(26-13-16)19-12-21-23(27-14-19)29-25(34-10-8-33(9-11-34)18(3)35)30-24(21)28-15-20-6-5-17(2)31-32-20/h4-7,12-14H,8-11,15H2,1-3H3,(H,27,28,29,30). The van der Waals surface area contributed by atoms with Crippen LogP contribution in [0.1, 0.15) is 23.9 Å². The van der Waals surface area contributed by atoms with Crippen molar-refractivity contribution >= 4 is 28.7 Å². The number of fused-ring (bicyclic) bond motifs is 1. The molecule has 1 amide bonds. The first-order valence-electron chi connectivity index (χ1n) is 11.6. The van der Waals surface area contributed by atoms with Crippen LogP contribution in [0.15, 0.2) is 42.7 Å². The molecule has 5 heterocycles. The first-order valence-corrected chi connectivity index (χ1v) is 11.6. The number of hydrogen-bond acceptors (Lipinski definition) is 9. The van der Waals surface area contributed by atoms with Crippen molar-refractivity contribution in [2.75, 3.05) is 36.4 Å². The van der Waals surface area contributed by atoms with E-state index >= 15 is 0 Å². The molecule has 0 radical (unpaired) electrons. The molecule has 35 heavy (non-hydrogen) atoms. The summed E-state index contributed by atoms with van der Waals surface area (Å²) in [5.41, 5.74) is 5.10. The topological polar surface area (TPSA) is 113 Å². The number of anilines is 2. The van der Waals surface area contributed by atoms with E-state index in [1.807, 2.05) is 55.3 Å². The molecule has 0 atom stereocenters. The van der Waals surface area contributed by atoms with Gasteiger partial charge in [-0.25, -0.2) is 4.98 Å². The van der Waals surface area contributed by atoms with Crippen molar-refractivity contribution in [3.63, 3.8) is 0 Å². The number of nitrogens with zero attached hydrogens (tertiary/aromatic N) is 8. The van der Waals surface area contributed by atoms with Crippen LogP contribution in [0.3, 0.4) is 0 Å². The van der Waals surface area contributed by atoms with Crippen LogP contribution in [0.2, 0.25) is 0 Å². The van der Waals surface area contributed by atoms with Gasteiger partial charge in [0.05, 0.1) is 29.0 Å². The van der Waals surface area contributed by atoms with Crippen molar-refractivity contribution in [3.8, 4) is 11.3 Å². The monoisotopic (exact) mass is 469 g/mol. The van der Waals surface area contributed by atoms with Crippen LogP contribution in [0.25, 0.3) is 22.3 Å². The molecule has 5 rings (SSSR count). The van der Waals surface area contributed by atoms with Crippen LogP contribution < -0.4 is 10.2 Å². The number of rotatable bonds is 5. The minimum atomic E-state index is 0.0876. The molecule has 1 aliphatic heterocycles. The van der Waals surface area contributed by atoms with E-state index in [-0.39, 0.29) is 5.91 Å². The second kappa shape index (κ2) is 9.57. The molecule has 1 aliphatic rings. The molecule has 10 nitrogen and oxygen atoms in total. The van der Waals surface area contributed by atoms with Gasteiger partial charge in [-0.15, -0.1) is 0 Å². The Kier molecular flexibility index (Phi) is 6.17. The largest absolute Gasteiger partial charge is 0.364 e. The van der Waals surface area contributed by atoms with Crippen LogP contribution in [-0.4, -0.2) is 67.1 Å². The maximum atomic E-state index is 11.7. The van der Waals surface area contributed by atoms with Gasteiger partial charge in [0.2, 0.25) is 11.9 Å². The van der Waals surface area contributed by atoms with E-state index in [4.69, 9.17) is 9.97 Å². The molecule has 1 saturated heterocycles. The highest BCUT2D eigenvalue weighted by molar-refractivity contribution is 5.90. The third kappa shape index (κ3) is 5.01. The average Bonchev–Trinajstić information content (AvgIpc) is 2.88. The third-order valence-corrected chi connectivity index (χ3v) is 6.04. The molecule has 1 fully saturated rings. The summed E-state index contributed by atoms with van der Waals surface area (Å²) in [6.45, 7) is 8.60. The van der Waals surface area contributed by atoms with Crippen molar-refractivity contribution in [1.29, 1.82) is 0 Å². The zero-order valence-electron chi connectivity index (χ0n) is 20.1. The molecular formula is C25H27N9O. The Morgan fingerprint density at radius 1 is 0.971 bits per heavy atom. The van der Waals surface area contributed by atoms with Crippen LogP contribution in [0.5, 0.6) is 0 Å². The summed E-state index contributed by atoms with van der Waals surface area (Å²) >= 11 is 0. The molecule has 1 N–H and O–H groups in total. The molecule has 0 unspecified atom stereocenters. The predicted molar refractivity (Wildman–Crippen MR) is 134 cm³/mol. The number of hydrogen-bond donors (Lipinski definition) is 1. The van der Waals surface area contributed by atoms with Gasteiger partial charge < -0.3 is 15.1 Å². The maximum Gasteiger partial charge on any atom is 0.229 e. The first-order chi connectivity index (χ1) is 17.0. The first kappa shape index (κ1) is 22.6. The predicted octanol–water partition coefficient (Wildman–Crippen LogP) is 2.77. The summed E-state index contributed by atoms with van der Waals surface area (Å²) < 4.78 is 0. The van der Waals surface area contributed by atoms with Crippen molar-refractivity contribution in [2.24, 2.45) is 0 Å². The molecule has 0 saturated carbocycles. The number of carbonyl (C=O) groups is 1. The maximum absolute atomic E-state index is 11.7. The Balaban J connectivity index is 1.50. The zero-order valence-corrected chi connectivity index (χ0v) is 20.1. The fraction of sp³-hybridized carbons (Fsp3) is 0.320. The number of amides is 1. The Morgan fingerprint density at radius 3 is 2.49 bits per heavy atom. The minimum absolute atomic E-state index is 0.0876. The highest BCUT2D eigenvalue weighted by Crippen LogP contribution is 2.27. The smallest absolute Gasteiger partial charge is 0.229 e. The van der Waals surface area contributed by atoms with E-state index in [1.54, 1.807) is 13.1 Å². The second-order valence-electron chi connectivity index (χ2n) is 8.70. The van der Waals surface area contributed by atoms with E-state index in [0.717, 1.165) is 33.6 Å². The van der Waals surface area contributed by atoms with Gasteiger partial charge in [0.25, 0.3) is 0 Å². The van der Waals surface area contributed by atoms with Gasteiger partial charge in [-0.3, -0.25) is 9.78 Å². The molecule has 10 heteroatoms. The van der Waals surface area contributed by atoms with E-state index in [2.05, 4.69) is 30.4 Å². The molecule has 0 aromatic carbocycles. The Hall–Kier alpha value is -4.21. The summed E-state index contributed by atoms with van der Waals surface area (Å²) in [7, 11) is 0. The molecule has 4 aromatic rings. The molecule has 0 aliphatic carbocycles. The second-order valence-corrected chi connectivity index (χ2v) is 8.70. The van der Waals surface area contributed by atoms with Gasteiger partial charge in [0, 0.05) is 51.1 Å². The van der Waals surface area contributed by atoms with Gasteiger partial charge in [-0.1, -0.05) is 6.07 Å². The number of piperazine rings is 1. The number of aryl methyl sites for hydroxylation is 2. The zero-order chi connectivity index (χ0) is 24.4. The van der Waals surface area contributed by atoms with Crippen LogP contribution in [0, 0.1) is 13.8 Å². The van der Waals surface area contributed by atoms with Crippen molar-refractivity contribution < 1.29 is 4.79 Å². The lowest BCUT2D eigenvalue weighted by Gasteiger charge is -2.34. The van der Waals surface area contributed by atoms with Gasteiger partial charge in [-0.05, 0) is 43.7 Å². The van der Waals surface area contributed by atoms with Crippen LogP contribution in [0.4, 0.5) is 11.8 Å². The Morgan fingerprint density at radius 2 is 1.80 bits per heavy atom. The highest BCUT2D eigenvalue weighted by atomic mass is 16.2. The van der Waals surface area contributed by atoms with Gasteiger partial charge >= 0.3 is 0 Å². The summed E-state index contributed by atoms with van der Waals surface area (Å²) in [5.74, 6) is 1.35. The van der Waals surface area contributed by atoms with Gasteiger partial charge in [-0.2, -0.15) is 20.2 Å². The van der Waals surface area contributed by atoms with E-state index in [0.29, 0.717) is 50.1 Å². The fourth-order valence-electron chi connectivity index (χ4n) is 3.97. The molecule has 0 spiro atoms. The molecule has 178 valence electrons. The SMILES string of the molecule is CC(=O)N1CCN(c2nc(NCc3ccc(C)nn3)c3cc(-c4ccc(C)cn4)cnc3n2)CC1. The summed E-state index contributed by atoms with van der Waals surface area (Å²) in [5, 5.41) is 12.6. The summed E-state index contributed by atoms with van der Waals surface area (Å²) in [4.78, 5) is 34.5. The van der Waals surface area contributed by atoms with E-state index in [9.17, 15) is 4.79 Å². The van der Waals surface area contributed by atoms with Crippen LogP contribution >= 0.6 is 0 Å². The number of pyridine rings is 2. The lowest BCUT2D eigenvalue weighted by Crippen LogP contribution is -2.48. The number of carbonyl (C=O) groups excluding carboxylic acids is 1. The summed E-state index contributed by atoms with van der Waals surface area (Å²) in [6.07, 6.45) is 3.63. The Labute approximate surface area is 203 Å². The van der Waals surface area contributed by atoms with Crippen LogP contribution in [-0.2, 0) is 11.3 Å². The average molecular weight is 470 g/mol. The van der Waals surface area contributed by atoms with Gasteiger partial charge in [0.1, 0.15) is 5.82 Å². The fourth-order valence-corrected chi connectivity index (χ4v) is 3.97. The summed E-state index contributed by atoms with van der Waals surface area (Å²) in [6, 6.07) is 9.91. The lowest BCUT2D eigenvalue weighted by molar-refractivity contribution is -0.129. The highest BCUT2D eigenvalue weighted by Gasteiger charge is 2.22. The van der Waals surface area contributed by atoms with Gasteiger partial charge in [0.15, 0.2) is 5.65 Å². The molecule has 4 aromatic heterocycles. The number of nitrogens with one attached hydrogen (secondary N) is 1. The van der Waals surface area contributed by atoms with Crippen molar-refractivity contribution in [3.05, 3.63) is 59.7 Å².